The summed E-state index contributed by atoms with van der Waals surface area (Å²) in [5.41, 5.74) is 1.25. The van der Waals surface area contributed by atoms with Crippen LogP contribution in [0.2, 0.25) is 0 Å². The van der Waals surface area contributed by atoms with Crippen LogP contribution in [0.3, 0.4) is 0 Å². The Bertz CT molecular complexity index is 1080. The van der Waals surface area contributed by atoms with E-state index in [-0.39, 0.29) is 22.5 Å². The molecule has 1 amide bonds. The van der Waals surface area contributed by atoms with Crippen molar-refractivity contribution in [3.8, 4) is 0 Å². The molecule has 0 atom stereocenters. The smallest absolute Gasteiger partial charge is 0.416 e. The molecule has 1 aliphatic heterocycles. The topological polar surface area (TPSA) is 46.6 Å². The number of hydrogen-bond donors (Lipinski definition) is 0. The van der Waals surface area contributed by atoms with Crippen molar-refractivity contribution in [2.75, 3.05) is 12.0 Å². The van der Waals surface area contributed by atoms with Gasteiger partial charge in [0.15, 0.2) is 0 Å². The van der Waals surface area contributed by atoms with E-state index in [9.17, 15) is 22.8 Å². The van der Waals surface area contributed by atoms with Crippen molar-refractivity contribution in [3.05, 3.63) is 82.1 Å². The van der Waals surface area contributed by atoms with Gasteiger partial charge in [0.05, 0.1) is 23.8 Å². The Balaban J connectivity index is 2.10. The lowest BCUT2D eigenvalue weighted by molar-refractivity contribution is -0.137. The van der Waals surface area contributed by atoms with Crippen molar-refractivity contribution >= 4 is 23.6 Å². The summed E-state index contributed by atoms with van der Waals surface area (Å²) in [6, 6.07) is 11.9. The van der Waals surface area contributed by atoms with E-state index < -0.39 is 23.6 Å². The number of rotatable bonds is 4. The average molecular weight is 429 g/mol. The van der Waals surface area contributed by atoms with E-state index in [0.29, 0.717) is 11.5 Å². The molecular formula is C24H22F3NO3. The Morgan fingerprint density at radius 3 is 2.29 bits per heavy atom. The molecule has 0 saturated carbocycles. The zero-order chi connectivity index (χ0) is 22.9. The minimum Gasteiger partial charge on any atom is -0.465 e. The van der Waals surface area contributed by atoms with Crippen LogP contribution in [0.5, 0.6) is 0 Å². The number of benzene rings is 2. The van der Waals surface area contributed by atoms with Crippen LogP contribution < -0.4 is 4.90 Å². The molecule has 0 saturated heterocycles. The molecular weight excluding hydrogens is 407 g/mol. The summed E-state index contributed by atoms with van der Waals surface area (Å²) in [7, 11) is 1.19. The first kappa shape index (κ1) is 22.3. The molecule has 0 spiro atoms. The Morgan fingerprint density at radius 1 is 1.10 bits per heavy atom. The first-order chi connectivity index (χ1) is 14.5. The van der Waals surface area contributed by atoms with Crippen molar-refractivity contribution < 1.29 is 27.5 Å². The molecule has 7 heteroatoms. The largest absolute Gasteiger partial charge is 0.465 e. The van der Waals surface area contributed by atoms with Crippen LogP contribution in [0.15, 0.2) is 65.4 Å². The molecule has 31 heavy (non-hydrogen) atoms. The molecule has 3 rings (SSSR count). The SMILES string of the molecule is COC(=O)C1=C(C)N(c2cccc(C(F)(F)F)c2)C(=O)/C1=C\c1ccc(C(C)C)cc1. The Kier molecular flexibility index (Phi) is 6.06. The fraction of sp³-hybridized carbons (Fsp3) is 0.250. The number of allylic oxidation sites excluding steroid dienone is 1. The second kappa shape index (κ2) is 8.41. The molecule has 0 N–H and O–H groups in total. The number of nitrogens with zero attached hydrogens (tertiary/aromatic N) is 1. The fourth-order valence-corrected chi connectivity index (χ4v) is 3.46. The van der Waals surface area contributed by atoms with Gasteiger partial charge < -0.3 is 4.74 Å². The molecule has 0 bridgehead atoms. The number of alkyl halides is 3. The molecule has 4 nitrogen and oxygen atoms in total. The predicted molar refractivity (Wildman–Crippen MR) is 112 cm³/mol. The van der Waals surface area contributed by atoms with Crippen LogP contribution in [0, 0.1) is 0 Å². The number of methoxy groups -OCH3 is 1. The quantitative estimate of drug-likeness (QED) is 0.462. The molecule has 162 valence electrons. The standard InChI is InChI=1S/C24H22F3NO3/c1-14(2)17-10-8-16(9-11-17)12-20-21(23(30)31-4)15(3)28(22(20)29)19-7-5-6-18(13-19)24(25,26)27/h5-14H,1-4H3/b20-12-. The van der Waals surface area contributed by atoms with Crippen molar-refractivity contribution in [1.82, 2.24) is 0 Å². The van der Waals surface area contributed by atoms with Gasteiger partial charge >= 0.3 is 12.1 Å². The van der Waals surface area contributed by atoms with E-state index in [0.717, 1.165) is 22.6 Å². The molecule has 1 aliphatic rings. The highest BCUT2D eigenvalue weighted by Crippen LogP contribution is 2.38. The molecule has 0 fully saturated rings. The van der Waals surface area contributed by atoms with Crippen LogP contribution >= 0.6 is 0 Å². The third kappa shape index (κ3) is 4.40. The van der Waals surface area contributed by atoms with Crippen molar-refractivity contribution in [3.63, 3.8) is 0 Å². The molecule has 0 unspecified atom stereocenters. The summed E-state index contributed by atoms with van der Waals surface area (Å²) in [5, 5.41) is 0. The third-order valence-corrected chi connectivity index (χ3v) is 5.14. The van der Waals surface area contributed by atoms with Gasteiger partial charge in [-0.05, 0) is 48.2 Å². The predicted octanol–water partition coefficient (Wildman–Crippen LogP) is 5.71. The van der Waals surface area contributed by atoms with Gasteiger partial charge in [0.1, 0.15) is 0 Å². The Labute approximate surface area is 178 Å². The summed E-state index contributed by atoms with van der Waals surface area (Å²) >= 11 is 0. The van der Waals surface area contributed by atoms with Crippen molar-refractivity contribution in [1.29, 1.82) is 0 Å². The number of anilines is 1. The Hall–Kier alpha value is -3.35. The van der Waals surface area contributed by atoms with Gasteiger partial charge in [-0.1, -0.05) is 44.2 Å². The molecule has 1 heterocycles. The highest BCUT2D eigenvalue weighted by atomic mass is 19.4. The summed E-state index contributed by atoms with van der Waals surface area (Å²) in [6.07, 6.45) is -3.01. The normalized spacial score (nSPS) is 15.9. The van der Waals surface area contributed by atoms with Gasteiger partial charge in [-0.3, -0.25) is 9.69 Å². The van der Waals surface area contributed by atoms with E-state index in [1.165, 1.54) is 26.2 Å². The van der Waals surface area contributed by atoms with Crippen LogP contribution in [0.1, 0.15) is 43.4 Å². The van der Waals surface area contributed by atoms with E-state index >= 15 is 0 Å². The maximum absolute atomic E-state index is 13.2. The lowest BCUT2D eigenvalue weighted by Crippen LogP contribution is -2.24. The summed E-state index contributed by atoms with van der Waals surface area (Å²) in [4.78, 5) is 26.8. The Morgan fingerprint density at radius 2 is 1.74 bits per heavy atom. The monoisotopic (exact) mass is 429 g/mol. The lowest BCUT2D eigenvalue weighted by Gasteiger charge is -2.19. The fourth-order valence-electron chi connectivity index (χ4n) is 3.46. The number of carbonyl (C=O) groups is 2. The minimum atomic E-state index is -4.56. The first-order valence-electron chi connectivity index (χ1n) is 9.67. The van der Waals surface area contributed by atoms with Gasteiger partial charge in [0, 0.05) is 11.4 Å². The van der Waals surface area contributed by atoms with Crippen LogP contribution in [-0.4, -0.2) is 19.0 Å². The minimum absolute atomic E-state index is 0.0253. The first-order valence-corrected chi connectivity index (χ1v) is 9.67. The van der Waals surface area contributed by atoms with Gasteiger partial charge in [-0.25, -0.2) is 4.79 Å². The molecule has 2 aromatic carbocycles. The van der Waals surface area contributed by atoms with Crippen molar-refractivity contribution in [2.24, 2.45) is 0 Å². The van der Waals surface area contributed by atoms with Crippen LogP contribution in [0.25, 0.3) is 6.08 Å². The van der Waals surface area contributed by atoms with E-state index in [1.807, 2.05) is 24.3 Å². The summed E-state index contributed by atoms with van der Waals surface area (Å²) in [6.45, 7) is 5.62. The van der Waals surface area contributed by atoms with Gasteiger partial charge in [-0.2, -0.15) is 13.2 Å². The highest BCUT2D eigenvalue weighted by Gasteiger charge is 2.39. The maximum Gasteiger partial charge on any atom is 0.416 e. The van der Waals surface area contributed by atoms with Gasteiger partial charge in [0.2, 0.25) is 0 Å². The van der Waals surface area contributed by atoms with E-state index in [1.54, 1.807) is 6.08 Å². The zero-order valence-electron chi connectivity index (χ0n) is 17.6. The number of halogens is 3. The maximum atomic E-state index is 13.2. The average Bonchev–Trinajstić information content (AvgIpc) is 2.97. The highest BCUT2D eigenvalue weighted by molar-refractivity contribution is 6.23. The van der Waals surface area contributed by atoms with Crippen LogP contribution in [-0.2, 0) is 20.5 Å². The van der Waals surface area contributed by atoms with Crippen molar-refractivity contribution in [2.45, 2.75) is 32.9 Å². The number of ether oxygens (including phenoxy) is 1. The molecule has 0 aromatic heterocycles. The van der Waals surface area contributed by atoms with Gasteiger partial charge in [-0.15, -0.1) is 0 Å². The second-order valence-electron chi connectivity index (χ2n) is 7.52. The molecule has 0 aliphatic carbocycles. The van der Waals surface area contributed by atoms with E-state index in [2.05, 4.69) is 13.8 Å². The van der Waals surface area contributed by atoms with Crippen LogP contribution in [0.4, 0.5) is 18.9 Å². The van der Waals surface area contributed by atoms with Gasteiger partial charge in [0.25, 0.3) is 5.91 Å². The zero-order valence-corrected chi connectivity index (χ0v) is 17.6. The number of amides is 1. The molecule has 2 aromatic rings. The second-order valence-corrected chi connectivity index (χ2v) is 7.52. The number of esters is 1. The summed E-state index contributed by atoms with van der Waals surface area (Å²) < 4.78 is 44.3. The third-order valence-electron chi connectivity index (χ3n) is 5.14. The lowest BCUT2D eigenvalue weighted by atomic mass is 9.99. The molecule has 0 radical (unpaired) electrons. The van der Waals surface area contributed by atoms with E-state index in [4.69, 9.17) is 4.74 Å². The number of hydrogen-bond acceptors (Lipinski definition) is 3. The number of carbonyl (C=O) groups excluding carboxylic acids is 2. The summed E-state index contributed by atoms with van der Waals surface area (Å²) in [5.74, 6) is -0.991.